The van der Waals surface area contributed by atoms with Gasteiger partial charge in [0.25, 0.3) is 0 Å². The molecule has 24 rings (SSSR count). The van der Waals surface area contributed by atoms with Gasteiger partial charge in [0.2, 0.25) is 0 Å². The van der Waals surface area contributed by atoms with Crippen LogP contribution in [0.15, 0.2) is 449 Å². The van der Waals surface area contributed by atoms with Crippen molar-refractivity contribution in [1.82, 2.24) is 13.7 Å². The van der Waals surface area contributed by atoms with Crippen molar-refractivity contribution in [3.63, 3.8) is 0 Å². The number of aromatic nitrogens is 3. The lowest BCUT2D eigenvalue weighted by Gasteiger charge is -2.19. The smallest absolute Gasteiger partial charge is 0.0541 e. The molecule has 0 atom stereocenters. The van der Waals surface area contributed by atoms with E-state index in [9.17, 15) is 0 Å². The number of nitrogens with zero attached hydrogens (tertiary/aromatic N) is 3. The van der Waals surface area contributed by atoms with E-state index in [1.54, 1.807) is 0 Å². The highest BCUT2D eigenvalue weighted by molar-refractivity contribution is 6.17. The number of rotatable bonds is 10. The molecule has 0 aliphatic rings. The van der Waals surface area contributed by atoms with Crippen LogP contribution in [0.5, 0.6) is 0 Å². The number of benzene rings is 21. The maximum Gasteiger partial charge on any atom is 0.0541 e. The normalized spacial score (nSPS) is 11.7. The Balaban J connectivity index is 0.000000112. The van der Waals surface area contributed by atoms with Crippen LogP contribution in [0, 0.1) is 13.8 Å². The van der Waals surface area contributed by atoms with Gasteiger partial charge in [0.05, 0.1) is 33.1 Å². The van der Waals surface area contributed by atoms with Crippen molar-refractivity contribution in [2.45, 2.75) is 40.0 Å². The van der Waals surface area contributed by atoms with Crippen LogP contribution in [0.2, 0.25) is 0 Å². The molecule has 592 valence electrons. The summed E-state index contributed by atoms with van der Waals surface area (Å²) in [7, 11) is 0. The second-order valence-corrected chi connectivity index (χ2v) is 34.4. The standard InChI is InChI=1S/C45H31N.C42H33N.C35H25N/c1-30-10-9-12-33(26-30)35-23-25-45-43(28-35)42-27-34(22-24-44(42)46(45)37-13-3-2-4-14-37)31-18-20-32(21-19-31)41-29-36-11-5-6-15-38(36)39-16-7-8-17-40(39)41;1-42(2,3)32-22-24-41-39(27-32)38-25-30(21-23-40(38)43(41)33-12-5-4-6-13-33)28-17-19-29(20-18-28)37-26-31-11-7-8-14-34(31)35-15-9-10-16-36(35)37;1-24-15-21-30(31-12-6-5-11-29(24)31)26-18-16-25(17-19-26)27-20-22-35-33(23-27)32-13-7-8-14-34(32)36(35)28-9-3-2-4-10-28/h2-29H,1H3;4-27H,1-3H3;2-23H,1H3. The van der Waals surface area contributed by atoms with E-state index in [-0.39, 0.29) is 5.41 Å². The van der Waals surface area contributed by atoms with Gasteiger partial charge in [0, 0.05) is 49.4 Å². The van der Waals surface area contributed by atoms with E-state index in [0.717, 1.165) is 0 Å². The molecular weight excluding hydrogens is 1510 g/mol. The van der Waals surface area contributed by atoms with Crippen molar-refractivity contribution >= 4 is 119 Å². The summed E-state index contributed by atoms with van der Waals surface area (Å²) < 4.78 is 7.15. The second-order valence-electron chi connectivity index (χ2n) is 34.4. The first-order valence-electron chi connectivity index (χ1n) is 43.5. The largest absolute Gasteiger partial charge is 0.309 e. The van der Waals surface area contributed by atoms with E-state index in [2.05, 4.69) is 497 Å². The molecule has 3 aromatic heterocycles. The molecule has 0 bridgehead atoms. The topological polar surface area (TPSA) is 14.8 Å². The molecule has 0 amide bonds. The summed E-state index contributed by atoms with van der Waals surface area (Å²) in [5, 5.41) is 20.6. The summed E-state index contributed by atoms with van der Waals surface area (Å²) in [5.41, 5.74) is 32.3. The molecule has 0 saturated carbocycles. The molecule has 0 spiro atoms. The number of aryl methyl sites for hydroxylation is 2. The monoisotopic (exact) mass is 1600 g/mol. The third kappa shape index (κ3) is 13.8. The van der Waals surface area contributed by atoms with Crippen LogP contribution >= 0.6 is 0 Å². The number of para-hydroxylation sites is 4. The van der Waals surface area contributed by atoms with Crippen molar-refractivity contribution in [2.75, 3.05) is 0 Å². The van der Waals surface area contributed by atoms with E-state index in [1.807, 2.05) is 0 Å². The fourth-order valence-electron chi connectivity index (χ4n) is 19.4. The van der Waals surface area contributed by atoms with Gasteiger partial charge >= 0.3 is 0 Å². The maximum absolute atomic E-state index is 2.40. The highest BCUT2D eigenvalue weighted by atomic mass is 15.0. The Morgan fingerprint density at radius 2 is 0.464 bits per heavy atom. The first-order chi connectivity index (χ1) is 61.4. The minimum Gasteiger partial charge on any atom is -0.309 e. The minimum absolute atomic E-state index is 0.0791. The predicted molar refractivity (Wildman–Crippen MR) is 536 cm³/mol. The van der Waals surface area contributed by atoms with Crippen molar-refractivity contribution in [2.24, 2.45) is 0 Å². The highest BCUT2D eigenvalue weighted by Crippen LogP contribution is 2.45. The summed E-state index contributed by atoms with van der Waals surface area (Å²) in [5.74, 6) is 0. The van der Waals surface area contributed by atoms with E-state index in [4.69, 9.17) is 0 Å². The van der Waals surface area contributed by atoms with Crippen molar-refractivity contribution in [3.8, 4) is 95.0 Å². The van der Waals surface area contributed by atoms with E-state index >= 15 is 0 Å². The lowest BCUT2D eigenvalue weighted by Crippen LogP contribution is -2.10. The zero-order valence-electron chi connectivity index (χ0n) is 70.6. The van der Waals surface area contributed by atoms with E-state index in [0.29, 0.717) is 0 Å². The molecule has 21 aromatic carbocycles. The van der Waals surface area contributed by atoms with Crippen LogP contribution < -0.4 is 0 Å². The Morgan fingerprint density at radius 1 is 0.168 bits per heavy atom. The fraction of sp³-hybridized carbons (Fsp3) is 0.0492. The molecular formula is C122H89N3. The summed E-state index contributed by atoms with van der Waals surface area (Å²) in [6.45, 7) is 11.2. The molecule has 125 heavy (non-hydrogen) atoms. The minimum atomic E-state index is 0.0791. The average Bonchev–Trinajstić information content (AvgIpc) is 1.70. The van der Waals surface area contributed by atoms with Gasteiger partial charge in [-0.3, -0.25) is 0 Å². The van der Waals surface area contributed by atoms with Crippen molar-refractivity contribution in [1.29, 1.82) is 0 Å². The predicted octanol–water partition coefficient (Wildman–Crippen LogP) is 33.7. The Kier molecular flexibility index (Phi) is 19.0. The van der Waals surface area contributed by atoms with Gasteiger partial charge in [-0.05, 0) is 277 Å². The molecule has 0 fully saturated rings. The van der Waals surface area contributed by atoms with Gasteiger partial charge in [-0.15, -0.1) is 0 Å². The molecule has 0 unspecified atom stereocenters. The number of hydrogen-bond donors (Lipinski definition) is 0. The average molecular weight is 1600 g/mol. The maximum atomic E-state index is 2.40. The summed E-state index contributed by atoms with van der Waals surface area (Å²) >= 11 is 0. The molecule has 3 heterocycles. The van der Waals surface area contributed by atoms with Gasteiger partial charge in [0.1, 0.15) is 0 Å². The lowest BCUT2D eigenvalue weighted by atomic mass is 9.86. The third-order valence-electron chi connectivity index (χ3n) is 25.7. The SMILES string of the molecule is CC(C)(C)c1ccc2c(c1)c1cc(-c3ccc(-c4cc5ccccc5c5ccccc45)cc3)ccc1n2-c1ccccc1.Cc1ccc(-c2ccc(-c3ccc4c(c3)c3ccccc3n4-c3ccccc3)cc2)c2ccccc12.Cc1cccc(-c2ccc3c(c2)c2cc(-c4ccc(-c5cc6ccccc6c6ccccc56)cc4)ccc2n3-c2ccccc2)c1. The first-order valence-corrected chi connectivity index (χ1v) is 43.5. The quantitative estimate of drug-likeness (QED) is 0.121. The molecule has 0 aliphatic carbocycles. The fourth-order valence-corrected chi connectivity index (χ4v) is 19.4. The van der Waals surface area contributed by atoms with Crippen molar-refractivity contribution < 1.29 is 0 Å². The molecule has 0 aliphatic heterocycles. The van der Waals surface area contributed by atoms with Crippen LogP contribution in [-0.2, 0) is 5.41 Å². The lowest BCUT2D eigenvalue weighted by molar-refractivity contribution is 0.591. The van der Waals surface area contributed by atoms with Gasteiger partial charge in [-0.2, -0.15) is 0 Å². The zero-order valence-corrected chi connectivity index (χ0v) is 70.6. The molecule has 0 radical (unpaired) electrons. The van der Waals surface area contributed by atoms with Crippen LogP contribution in [0.3, 0.4) is 0 Å². The highest BCUT2D eigenvalue weighted by Gasteiger charge is 2.22. The third-order valence-corrected chi connectivity index (χ3v) is 25.7. The Hall–Kier alpha value is -15.7. The van der Waals surface area contributed by atoms with E-state index in [1.165, 1.54) is 231 Å². The summed E-state index contributed by atoms with van der Waals surface area (Å²) in [6, 6.07) is 164. The van der Waals surface area contributed by atoms with Gasteiger partial charge in [-0.1, -0.05) is 360 Å². The van der Waals surface area contributed by atoms with E-state index < -0.39 is 0 Å². The molecule has 3 nitrogen and oxygen atoms in total. The van der Waals surface area contributed by atoms with Crippen LogP contribution in [0.1, 0.15) is 37.5 Å². The molecule has 3 heteroatoms. The van der Waals surface area contributed by atoms with Crippen LogP contribution in [0.25, 0.3) is 214 Å². The Morgan fingerprint density at radius 3 is 0.880 bits per heavy atom. The number of hydrogen-bond acceptors (Lipinski definition) is 0. The van der Waals surface area contributed by atoms with Crippen LogP contribution in [0.4, 0.5) is 0 Å². The Labute approximate surface area is 728 Å². The van der Waals surface area contributed by atoms with Gasteiger partial charge in [0.15, 0.2) is 0 Å². The second kappa shape index (κ2) is 31.4. The first kappa shape index (κ1) is 75.5. The molecule has 0 N–H and O–H groups in total. The van der Waals surface area contributed by atoms with Crippen LogP contribution in [-0.4, -0.2) is 13.7 Å². The van der Waals surface area contributed by atoms with Crippen molar-refractivity contribution in [3.05, 3.63) is 466 Å². The van der Waals surface area contributed by atoms with Gasteiger partial charge in [-0.25, -0.2) is 0 Å². The zero-order chi connectivity index (χ0) is 83.8. The van der Waals surface area contributed by atoms with Gasteiger partial charge < -0.3 is 13.7 Å². The summed E-state index contributed by atoms with van der Waals surface area (Å²) in [6.07, 6.45) is 0. The Bertz CT molecular complexity index is 8280. The molecule has 24 aromatic rings. The number of fused-ring (bicyclic) bond motifs is 16. The molecule has 0 saturated heterocycles. The summed E-state index contributed by atoms with van der Waals surface area (Å²) in [4.78, 5) is 0.